The van der Waals surface area contributed by atoms with Crippen LogP contribution in [-0.4, -0.2) is 19.6 Å². The zero-order valence-electron chi connectivity index (χ0n) is 14.5. The van der Waals surface area contributed by atoms with Gasteiger partial charge in [0.05, 0.1) is 13.7 Å². The van der Waals surface area contributed by atoms with Crippen molar-refractivity contribution in [3.8, 4) is 22.6 Å². The van der Waals surface area contributed by atoms with Gasteiger partial charge in [-0.1, -0.05) is 32.1 Å². The molecular formula is C20H22FNO3. The lowest BCUT2D eigenvalue weighted by atomic mass is 10.0. The number of ether oxygens (including phenoxy) is 2. The number of hydrogen-bond acceptors (Lipinski definition) is 3. The summed E-state index contributed by atoms with van der Waals surface area (Å²) in [6.07, 6.45) is 2.95. The van der Waals surface area contributed by atoms with E-state index in [1.807, 2.05) is 6.92 Å². The van der Waals surface area contributed by atoms with Crippen LogP contribution in [0.3, 0.4) is 0 Å². The largest absolute Gasteiger partial charge is 0.497 e. The number of benzene rings is 2. The van der Waals surface area contributed by atoms with Gasteiger partial charge >= 0.3 is 0 Å². The zero-order chi connectivity index (χ0) is 18.2. The second-order valence-electron chi connectivity index (χ2n) is 5.42. The van der Waals surface area contributed by atoms with Gasteiger partial charge in [-0.2, -0.15) is 0 Å². The highest BCUT2D eigenvalue weighted by atomic mass is 19.1. The molecule has 5 heteroatoms. The molecule has 0 fully saturated rings. The molecule has 0 radical (unpaired) electrons. The van der Waals surface area contributed by atoms with Crippen LogP contribution in [0.1, 0.15) is 19.8 Å². The first kappa shape index (κ1) is 18.5. The van der Waals surface area contributed by atoms with Gasteiger partial charge in [-0.25, -0.2) is 4.39 Å². The number of para-hydroxylation sites is 1. The molecule has 0 aliphatic carbocycles. The van der Waals surface area contributed by atoms with Crippen molar-refractivity contribution in [2.45, 2.75) is 19.8 Å². The van der Waals surface area contributed by atoms with E-state index >= 15 is 0 Å². The lowest BCUT2D eigenvalue weighted by molar-refractivity contribution is -0.111. The monoisotopic (exact) mass is 343 g/mol. The maximum absolute atomic E-state index is 14.3. The first-order valence-electron chi connectivity index (χ1n) is 8.13. The third-order valence-electron chi connectivity index (χ3n) is 3.67. The summed E-state index contributed by atoms with van der Waals surface area (Å²) in [6.45, 7) is 5.91. The van der Waals surface area contributed by atoms with E-state index in [4.69, 9.17) is 9.47 Å². The van der Waals surface area contributed by atoms with Crippen molar-refractivity contribution < 1.29 is 18.7 Å². The number of carbonyl (C=O) groups excluding carboxylic acids is 1. The highest BCUT2D eigenvalue weighted by Crippen LogP contribution is 2.39. The summed E-state index contributed by atoms with van der Waals surface area (Å²) in [5.74, 6) is -0.0395. The standard InChI is InChI=1S/C20H22FNO3/c1-4-6-12-25-20-15(8-7-9-17(20)21)16-13-14(24-3)10-11-18(16)22-19(23)5-2/h5,7-11,13H,2,4,6,12H2,1,3H3,(H,22,23). The van der Waals surface area contributed by atoms with Crippen molar-refractivity contribution >= 4 is 11.6 Å². The highest BCUT2D eigenvalue weighted by molar-refractivity contribution is 6.02. The minimum Gasteiger partial charge on any atom is -0.497 e. The van der Waals surface area contributed by atoms with Gasteiger partial charge in [0.2, 0.25) is 5.91 Å². The second-order valence-corrected chi connectivity index (χ2v) is 5.42. The van der Waals surface area contributed by atoms with Crippen LogP contribution < -0.4 is 14.8 Å². The van der Waals surface area contributed by atoms with E-state index in [-0.39, 0.29) is 11.7 Å². The van der Waals surface area contributed by atoms with E-state index in [0.29, 0.717) is 29.2 Å². The highest BCUT2D eigenvalue weighted by Gasteiger charge is 2.16. The predicted octanol–water partition coefficient (Wildman–Crippen LogP) is 4.80. The molecule has 0 saturated carbocycles. The maximum Gasteiger partial charge on any atom is 0.247 e. The minimum atomic E-state index is -0.447. The van der Waals surface area contributed by atoms with Gasteiger partial charge in [-0.15, -0.1) is 0 Å². The van der Waals surface area contributed by atoms with Crippen molar-refractivity contribution in [3.05, 3.63) is 54.9 Å². The molecule has 1 amide bonds. The Labute approximate surface area is 147 Å². The molecule has 0 spiro atoms. The third-order valence-corrected chi connectivity index (χ3v) is 3.67. The molecule has 0 saturated heterocycles. The quantitative estimate of drug-likeness (QED) is 0.553. The minimum absolute atomic E-state index is 0.165. The summed E-state index contributed by atoms with van der Waals surface area (Å²) < 4.78 is 25.3. The molecule has 0 heterocycles. The van der Waals surface area contributed by atoms with E-state index in [0.717, 1.165) is 12.8 Å². The Kier molecular flexibility index (Phi) is 6.57. The van der Waals surface area contributed by atoms with Crippen molar-refractivity contribution in [1.29, 1.82) is 0 Å². The van der Waals surface area contributed by atoms with Crippen molar-refractivity contribution in [2.75, 3.05) is 19.0 Å². The van der Waals surface area contributed by atoms with Gasteiger partial charge in [0, 0.05) is 16.8 Å². The number of unbranched alkanes of at least 4 members (excludes halogenated alkanes) is 1. The molecule has 0 aromatic heterocycles. The van der Waals surface area contributed by atoms with Gasteiger partial charge in [0.15, 0.2) is 11.6 Å². The number of amides is 1. The molecule has 0 unspecified atom stereocenters. The first-order chi connectivity index (χ1) is 12.1. The van der Waals surface area contributed by atoms with Crippen LogP contribution in [0.25, 0.3) is 11.1 Å². The molecule has 0 bridgehead atoms. The topological polar surface area (TPSA) is 47.6 Å². The number of anilines is 1. The van der Waals surface area contributed by atoms with E-state index in [9.17, 15) is 9.18 Å². The average Bonchev–Trinajstić information content (AvgIpc) is 2.63. The fourth-order valence-electron chi connectivity index (χ4n) is 2.35. The van der Waals surface area contributed by atoms with Crippen LogP contribution in [0.15, 0.2) is 49.1 Å². The molecule has 4 nitrogen and oxygen atoms in total. The number of rotatable bonds is 8. The van der Waals surface area contributed by atoms with Crippen LogP contribution in [0.2, 0.25) is 0 Å². The smallest absolute Gasteiger partial charge is 0.247 e. The summed E-state index contributed by atoms with van der Waals surface area (Å²) in [5.41, 5.74) is 1.69. The lowest BCUT2D eigenvalue weighted by Gasteiger charge is -2.16. The fourth-order valence-corrected chi connectivity index (χ4v) is 2.35. The van der Waals surface area contributed by atoms with Crippen LogP contribution in [0, 0.1) is 5.82 Å². The molecule has 2 aromatic rings. The number of halogens is 1. The van der Waals surface area contributed by atoms with Gasteiger partial charge in [0.1, 0.15) is 5.75 Å². The molecular weight excluding hydrogens is 321 g/mol. The molecule has 2 aromatic carbocycles. The van der Waals surface area contributed by atoms with Crippen LogP contribution in [-0.2, 0) is 4.79 Å². The number of carbonyl (C=O) groups is 1. The molecule has 2 rings (SSSR count). The van der Waals surface area contributed by atoms with E-state index < -0.39 is 5.82 Å². The number of methoxy groups -OCH3 is 1. The van der Waals surface area contributed by atoms with Crippen molar-refractivity contribution in [1.82, 2.24) is 0 Å². The summed E-state index contributed by atoms with van der Waals surface area (Å²) in [6, 6.07) is 9.88. The number of nitrogens with one attached hydrogen (secondary N) is 1. The van der Waals surface area contributed by atoms with Crippen LogP contribution in [0.5, 0.6) is 11.5 Å². The van der Waals surface area contributed by atoms with E-state index in [1.54, 1.807) is 37.4 Å². The first-order valence-corrected chi connectivity index (χ1v) is 8.13. The molecule has 1 N–H and O–H groups in total. The molecule has 132 valence electrons. The zero-order valence-corrected chi connectivity index (χ0v) is 14.5. The Morgan fingerprint density at radius 3 is 2.76 bits per heavy atom. The molecule has 0 aliphatic heterocycles. The SMILES string of the molecule is C=CC(=O)Nc1ccc(OC)cc1-c1cccc(F)c1OCCCC. The van der Waals surface area contributed by atoms with Gasteiger partial charge < -0.3 is 14.8 Å². The van der Waals surface area contributed by atoms with Crippen molar-refractivity contribution in [2.24, 2.45) is 0 Å². The second kappa shape index (κ2) is 8.87. The van der Waals surface area contributed by atoms with Crippen LogP contribution in [0.4, 0.5) is 10.1 Å². The molecule has 25 heavy (non-hydrogen) atoms. The fraction of sp³-hybridized carbons (Fsp3) is 0.250. The van der Waals surface area contributed by atoms with Gasteiger partial charge in [-0.3, -0.25) is 4.79 Å². The summed E-state index contributed by atoms with van der Waals surface area (Å²) in [5, 5.41) is 2.73. The Morgan fingerprint density at radius 2 is 2.08 bits per heavy atom. The van der Waals surface area contributed by atoms with Gasteiger partial charge in [0.25, 0.3) is 0 Å². The Hall–Kier alpha value is -2.82. The predicted molar refractivity (Wildman–Crippen MR) is 97.6 cm³/mol. The van der Waals surface area contributed by atoms with Crippen molar-refractivity contribution in [3.63, 3.8) is 0 Å². The molecule has 0 aliphatic rings. The van der Waals surface area contributed by atoms with E-state index in [1.165, 1.54) is 12.1 Å². The summed E-state index contributed by atoms with van der Waals surface area (Å²) in [4.78, 5) is 11.7. The lowest BCUT2D eigenvalue weighted by Crippen LogP contribution is -2.09. The Balaban J connectivity index is 2.53. The average molecular weight is 343 g/mol. The summed E-state index contributed by atoms with van der Waals surface area (Å²) >= 11 is 0. The van der Waals surface area contributed by atoms with E-state index in [2.05, 4.69) is 11.9 Å². The Morgan fingerprint density at radius 1 is 1.28 bits per heavy atom. The Bertz CT molecular complexity index is 759. The molecule has 0 atom stereocenters. The van der Waals surface area contributed by atoms with Gasteiger partial charge in [-0.05, 0) is 36.8 Å². The normalized spacial score (nSPS) is 10.2. The third kappa shape index (κ3) is 4.59. The van der Waals surface area contributed by atoms with Crippen LogP contribution >= 0.6 is 0 Å². The number of hydrogen-bond donors (Lipinski definition) is 1. The maximum atomic E-state index is 14.3. The summed E-state index contributed by atoms with van der Waals surface area (Å²) in [7, 11) is 1.55.